The zero-order valence-electron chi connectivity index (χ0n) is 9.11. The number of nitrogens with one attached hydrogen (secondary N) is 1. The van der Waals surface area contributed by atoms with Gasteiger partial charge in [0.15, 0.2) is 0 Å². The molecule has 0 aliphatic carbocycles. The molecule has 2 aromatic heterocycles. The van der Waals surface area contributed by atoms with Gasteiger partial charge in [0.2, 0.25) is 5.95 Å². The lowest BCUT2D eigenvalue weighted by Gasteiger charge is -2.16. The van der Waals surface area contributed by atoms with Crippen molar-refractivity contribution < 1.29 is 0 Å². The highest BCUT2D eigenvalue weighted by Gasteiger charge is 2.10. The van der Waals surface area contributed by atoms with Crippen LogP contribution in [0.25, 0.3) is 10.2 Å². The van der Waals surface area contributed by atoms with Crippen molar-refractivity contribution in [1.29, 1.82) is 0 Å². The van der Waals surface area contributed by atoms with Gasteiger partial charge in [-0.2, -0.15) is 4.98 Å². The van der Waals surface area contributed by atoms with Crippen molar-refractivity contribution in [2.24, 2.45) is 0 Å². The molecule has 2 rings (SSSR count). The molecule has 0 aromatic carbocycles. The first kappa shape index (κ1) is 10.2. The summed E-state index contributed by atoms with van der Waals surface area (Å²) in [4.78, 5) is 12.0. The van der Waals surface area contributed by atoms with E-state index < -0.39 is 0 Å². The lowest BCUT2D eigenvalue weighted by molar-refractivity contribution is 0.942. The second-order valence-corrected chi connectivity index (χ2v) is 4.17. The van der Waals surface area contributed by atoms with Crippen molar-refractivity contribution in [3.63, 3.8) is 0 Å². The summed E-state index contributed by atoms with van der Waals surface area (Å²) in [6, 6.07) is 2.07. The van der Waals surface area contributed by atoms with Crippen LogP contribution in [0.2, 0.25) is 0 Å². The third kappa shape index (κ3) is 1.74. The molecule has 0 bridgehead atoms. The maximum Gasteiger partial charge on any atom is 0.225 e. The molecule has 5 heteroatoms. The average Bonchev–Trinajstić information content (AvgIpc) is 2.74. The maximum absolute atomic E-state index is 4.47. The van der Waals surface area contributed by atoms with Gasteiger partial charge in [0, 0.05) is 20.6 Å². The number of nitrogens with zero attached hydrogens (tertiary/aromatic N) is 3. The van der Waals surface area contributed by atoms with Gasteiger partial charge in [-0.25, -0.2) is 4.98 Å². The summed E-state index contributed by atoms with van der Waals surface area (Å²) in [5, 5.41) is 6.16. The van der Waals surface area contributed by atoms with E-state index in [2.05, 4.69) is 33.2 Å². The van der Waals surface area contributed by atoms with Gasteiger partial charge in [-0.15, -0.1) is 11.3 Å². The smallest absolute Gasteiger partial charge is 0.225 e. The molecular weight excluding hydrogens is 208 g/mol. The van der Waals surface area contributed by atoms with Crippen LogP contribution in [0.5, 0.6) is 0 Å². The highest BCUT2D eigenvalue weighted by molar-refractivity contribution is 7.16. The summed E-state index contributed by atoms with van der Waals surface area (Å²) >= 11 is 1.64. The Morgan fingerprint density at radius 3 is 2.93 bits per heavy atom. The quantitative estimate of drug-likeness (QED) is 0.864. The topological polar surface area (TPSA) is 41.1 Å². The number of hydrogen-bond donors (Lipinski definition) is 1. The number of thiophene rings is 1. The normalized spacial score (nSPS) is 10.6. The van der Waals surface area contributed by atoms with Crippen molar-refractivity contribution in [3.05, 3.63) is 11.4 Å². The van der Waals surface area contributed by atoms with E-state index >= 15 is 0 Å². The SMILES string of the molecule is CCN(C)c1nc(NC)nc2sccc12. The lowest BCUT2D eigenvalue weighted by Crippen LogP contribution is -2.18. The van der Waals surface area contributed by atoms with E-state index in [1.807, 2.05) is 19.5 Å². The molecule has 80 valence electrons. The molecule has 0 fully saturated rings. The minimum absolute atomic E-state index is 0.681. The summed E-state index contributed by atoms with van der Waals surface area (Å²) in [7, 11) is 3.88. The third-order valence-electron chi connectivity index (χ3n) is 2.36. The summed E-state index contributed by atoms with van der Waals surface area (Å²) < 4.78 is 0. The predicted octanol–water partition coefficient (Wildman–Crippen LogP) is 2.19. The van der Waals surface area contributed by atoms with Gasteiger partial charge < -0.3 is 10.2 Å². The van der Waals surface area contributed by atoms with Crippen molar-refractivity contribution in [1.82, 2.24) is 9.97 Å². The molecular formula is C10H14N4S. The molecule has 0 unspecified atom stereocenters. The van der Waals surface area contributed by atoms with Gasteiger partial charge in [-0.1, -0.05) is 0 Å². The zero-order valence-corrected chi connectivity index (χ0v) is 9.93. The van der Waals surface area contributed by atoms with E-state index in [9.17, 15) is 0 Å². The Balaban J connectivity index is 2.63. The summed E-state index contributed by atoms with van der Waals surface area (Å²) in [6.07, 6.45) is 0. The first-order valence-corrected chi connectivity index (χ1v) is 5.78. The first-order valence-electron chi connectivity index (χ1n) is 4.90. The number of anilines is 2. The molecule has 2 aromatic rings. The van der Waals surface area contributed by atoms with Crippen molar-refractivity contribution in [2.45, 2.75) is 6.92 Å². The minimum Gasteiger partial charge on any atom is -0.359 e. The van der Waals surface area contributed by atoms with Crippen molar-refractivity contribution in [3.8, 4) is 0 Å². The van der Waals surface area contributed by atoms with Crippen LogP contribution in [0.15, 0.2) is 11.4 Å². The van der Waals surface area contributed by atoms with Crippen LogP contribution >= 0.6 is 11.3 Å². The first-order chi connectivity index (χ1) is 7.26. The Bertz CT molecular complexity index is 465. The van der Waals surface area contributed by atoms with E-state index in [0.717, 1.165) is 22.6 Å². The number of rotatable bonds is 3. The monoisotopic (exact) mass is 222 g/mol. The van der Waals surface area contributed by atoms with Crippen LogP contribution in [0.1, 0.15) is 6.92 Å². The highest BCUT2D eigenvalue weighted by atomic mass is 32.1. The molecule has 1 N–H and O–H groups in total. The van der Waals surface area contributed by atoms with E-state index in [1.54, 1.807) is 11.3 Å². The van der Waals surface area contributed by atoms with Crippen LogP contribution in [0, 0.1) is 0 Å². The summed E-state index contributed by atoms with van der Waals surface area (Å²) in [6.45, 7) is 3.05. The van der Waals surface area contributed by atoms with Crippen molar-refractivity contribution >= 4 is 33.3 Å². The Labute approximate surface area is 93.0 Å². The van der Waals surface area contributed by atoms with Gasteiger partial charge in [0.1, 0.15) is 10.6 Å². The van der Waals surface area contributed by atoms with Gasteiger partial charge >= 0.3 is 0 Å². The Hall–Kier alpha value is -1.36. The average molecular weight is 222 g/mol. The maximum atomic E-state index is 4.47. The molecule has 0 aliphatic heterocycles. The van der Waals surface area contributed by atoms with Gasteiger partial charge in [-0.05, 0) is 18.4 Å². The molecule has 0 atom stereocenters. The van der Waals surface area contributed by atoms with Crippen LogP contribution in [0.4, 0.5) is 11.8 Å². The molecule has 15 heavy (non-hydrogen) atoms. The summed E-state index contributed by atoms with van der Waals surface area (Å²) in [5.74, 6) is 1.67. The highest BCUT2D eigenvalue weighted by Crippen LogP contribution is 2.28. The molecule has 0 radical (unpaired) electrons. The molecule has 0 amide bonds. The van der Waals surface area contributed by atoms with E-state index in [-0.39, 0.29) is 0 Å². The standard InChI is InChI=1S/C10H14N4S/c1-4-14(3)8-7-5-6-15-9(7)13-10(11-2)12-8/h5-6H,4H2,1-3H3,(H,11,12,13). The van der Waals surface area contributed by atoms with E-state index in [0.29, 0.717) is 5.95 Å². The third-order valence-corrected chi connectivity index (χ3v) is 3.17. The van der Waals surface area contributed by atoms with Gasteiger partial charge in [-0.3, -0.25) is 0 Å². The lowest BCUT2D eigenvalue weighted by atomic mass is 10.3. The van der Waals surface area contributed by atoms with Crippen LogP contribution in [-0.2, 0) is 0 Å². The van der Waals surface area contributed by atoms with E-state index in [4.69, 9.17) is 0 Å². The Morgan fingerprint density at radius 1 is 1.47 bits per heavy atom. The molecule has 0 spiro atoms. The minimum atomic E-state index is 0.681. The second kappa shape index (κ2) is 4.02. The van der Waals surface area contributed by atoms with E-state index in [1.165, 1.54) is 0 Å². The van der Waals surface area contributed by atoms with Crippen LogP contribution < -0.4 is 10.2 Å². The zero-order chi connectivity index (χ0) is 10.8. The van der Waals surface area contributed by atoms with Crippen LogP contribution in [-0.4, -0.2) is 30.6 Å². The Morgan fingerprint density at radius 2 is 2.27 bits per heavy atom. The molecule has 0 saturated carbocycles. The predicted molar refractivity (Wildman–Crippen MR) is 65.9 cm³/mol. The molecule has 4 nitrogen and oxygen atoms in total. The molecule has 0 saturated heterocycles. The molecule has 2 heterocycles. The fourth-order valence-electron chi connectivity index (χ4n) is 1.39. The second-order valence-electron chi connectivity index (χ2n) is 3.27. The summed E-state index contributed by atoms with van der Waals surface area (Å²) in [5.41, 5.74) is 0. The van der Waals surface area contributed by atoms with Gasteiger partial charge in [0.25, 0.3) is 0 Å². The fourth-order valence-corrected chi connectivity index (χ4v) is 2.15. The van der Waals surface area contributed by atoms with Gasteiger partial charge in [0.05, 0.1) is 5.39 Å². The number of aromatic nitrogens is 2. The molecule has 0 aliphatic rings. The number of hydrogen-bond acceptors (Lipinski definition) is 5. The number of fused-ring (bicyclic) bond motifs is 1. The largest absolute Gasteiger partial charge is 0.359 e. The van der Waals surface area contributed by atoms with Crippen LogP contribution in [0.3, 0.4) is 0 Å². The fraction of sp³-hybridized carbons (Fsp3) is 0.400. The Kier molecular flexibility index (Phi) is 2.73. The van der Waals surface area contributed by atoms with Crippen molar-refractivity contribution in [2.75, 3.05) is 30.9 Å².